The SMILES string of the molecule is O=C(O)c1ncsc1NC1CCSC1. The van der Waals surface area contributed by atoms with Crippen LogP contribution in [0.3, 0.4) is 0 Å². The van der Waals surface area contributed by atoms with Crippen molar-refractivity contribution in [1.29, 1.82) is 0 Å². The minimum absolute atomic E-state index is 0.145. The zero-order valence-corrected chi connectivity index (χ0v) is 9.03. The number of nitrogens with one attached hydrogen (secondary N) is 1. The number of nitrogens with zero attached hydrogens (tertiary/aromatic N) is 1. The van der Waals surface area contributed by atoms with Crippen molar-refractivity contribution in [3.8, 4) is 0 Å². The second-order valence-electron chi connectivity index (χ2n) is 3.04. The van der Waals surface area contributed by atoms with Crippen molar-refractivity contribution in [3.63, 3.8) is 0 Å². The predicted octanol–water partition coefficient (Wildman–Crippen LogP) is 1.76. The molecule has 0 radical (unpaired) electrons. The van der Waals surface area contributed by atoms with Crippen molar-refractivity contribution in [1.82, 2.24) is 4.98 Å². The fourth-order valence-corrected chi connectivity index (χ4v) is 3.24. The van der Waals surface area contributed by atoms with Crippen molar-refractivity contribution in [2.45, 2.75) is 12.5 Å². The van der Waals surface area contributed by atoms with Crippen LogP contribution in [0.4, 0.5) is 5.00 Å². The Hall–Kier alpha value is -0.750. The average molecular weight is 230 g/mol. The van der Waals surface area contributed by atoms with Crippen LogP contribution in [0, 0.1) is 0 Å². The molecule has 14 heavy (non-hydrogen) atoms. The van der Waals surface area contributed by atoms with Crippen molar-refractivity contribution in [2.24, 2.45) is 0 Å². The fraction of sp³-hybridized carbons (Fsp3) is 0.500. The van der Waals surface area contributed by atoms with Crippen LogP contribution in [0.25, 0.3) is 0 Å². The van der Waals surface area contributed by atoms with E-state index in [0.717, 1.165) is 17.9 Å². The summed E-state index contributed by atoms with van der Waals surface area (Å²) in [6.07, 6.45) is 1.10. The number of rotatable bonds is 3. The molecule has 1 saturated heterocycles. The van der Waals surface area contributed by atoms with Crippen LogP contribution < -0.4 is 5.32 Å². The van der Waals surface area contributed by atoms with Gasteiger partial charge in [-0.3, -0.25) is 0 Å². The molecule has 0 saturated carbocycles. The molecule has 1 aliphatic heterocycles. The highest BCUT2D eigenvalue weighted by molar-refractivity contribution is 7.99. The molecular formula is C8H10N2O2S2. The Labute approximate surface area is 89.7 Å². The van der Waals surface area contributed by atoms with Gasteiger partial charge in [0.1, 0.15) is 5.00 Å². The first-order valence-corrected chi connectivity index (χ1v) is 6.32. The van der Waals surface area contributed by atoms with Gasteiger partial charge in [0, 0.05) is 11.8 Å². The van der Waals surface area contributed by atoms with Gasteiger partial charge in [0.25, 0.3) is 0 Å². The molecule has 1 unspecified atom stereocenters. The number of anilines is 1. The monoisotopic (exact) mass is 230 g/mol. The first-order chi connectivity index (χ1) is 6.77. The van der Waals surface area contributed by atoms with Gasteiger partial charge in [-0.1, -0.05) is 0 Å². The molecule has 4 nitrogen and oxygen atoms in total. The smallest absolute Gasteiger partial charge is 0.357 e. The summed E-state index contributed by atoms with van der Waals surface area (Å²) in [5.41, 5.74) is 1.71. The van der Waals surface area contributed by atoms with Gasteiger partial charge in [0.05, 0.1) is 5.51 Å². The number of carboxylic acid groups (broad SMARTS) is 1. The third-order valence-electron chi connectivity index (χ3n) is 2.03. The molecule has 0 bridgehead atoms. The van der Waals surface area contributed by atoms with Crippen LogP contribution in [0.5, 0.6) is 0 Å². The highest BCUT2D eigenvalue weighted by Gasteiger charge is 2.19. The third-order valence-corrected chi connectivity index (χ3v) is 3.96. The van der Waals surface area contributed by atoms with E-state index in [9.17, 15) is 4.79 Å². The number of hydrogen-bond acceptors (Lipinski definition) is 5. The number of aromatic carboxylic acids is 1. The highest BCUT2D eigenvalue weighted by Crippen LogP contribution is 2.26. The van der Waals surface area contributed by atoms with Crippen LogP contribution >= 0.6 is 23.1 Å². The van der Waals surface area contributed by atoms with E-state index in [-0.39, 0.29) is 5.69 Å². The summed E-state index contributed by atoms with van der Waals surface area (Å²) < 4.78 is 0. The van der Waals surface area contributed by atoms with Gasteiger partial charge in [0.15, 0.2) is 5.69 Å². The lowest BCUT2D eigenvalue weighted by Gasteiger charge is -2.10. The number of thioether (sulfide) groups is 1. The van der Waals surface area contributed by atoms with E-state index in [4.69, 9.17) is 5.11 Å². The minimum atomic E-state index is -0.959. The molecule has 1 aromatic rings. The lowest BCUT2D eigenvalue weighted by Crippen LogP contribution is -2.18. The van der Waals surface area contributed by atoms with Gasteiger partial charge in [-0.15, -0.1) is 11.3 Å². The molecule has 0 aliphatic carbocycles. The van der Waals surface area contributed by atoms with E-state index in [2.05, 4.69) is 10.3 Å². The minimum Gasteiger partial charge on any atom is -0.476 e. The zero-order valence-electron chi connectivity index (χ0n) is 7.40. The summed E-state index contributed by atoms with van der Waals surface area (Å²) in [6, 6.07) is 0.401. The van der Waals surface area contributed by atoms with Gasteiger partial charge in [-0.2, -0.15) is 11.8 Å². The first-order valence-electron chi connectivity index (χ1n) is 4.28. The lowest BCUT2D eigenvalue weighted by molar-refractivity contribution is 0.0692. The third kappa shape index (κ3) is 2.01. The molecular weight excluding hydrogens is 220 g/mol. The van der Waals surface area contributed by atoms with Crippen molar-refractivity contribution in [2.75, 3.05) is 16.8 Å². The second kappa shape index (κ2) is 4.18. The summed E-state index contributed by atoms with van der Waals surface area (Å²) in [7, 11) is 0. The Bertz CT molecular complexity index is 334. The molecule has 2 N–H and O–H groups in total. The second-order valence-corrected chi connectivity index (χ2v) is 5.04. The van der Waals surface area contributed by atoms with E-state index < -0.39 is 5.97 Å². The van der Waals surface area contributed by atoms with E-state index in [1.54, 1.807) is 5.51 Å². The van der Waals surface area contributed by atoms with E-state index in [0.29, 0.717) is 11.0 Å². The number of carboxylic acids is 1. The number of aromatic nitrogens is 1. The van der Waals surface area contributed by atoms with Crippen LogP contribution in [0.1, 0.15) is 16.9 Å². The standard InChI is InChI=1S/C8H10N2O2S2/c11-8(12)6-7(14-4-9-6)10-5-1-2-13-3-5/h4-5,10H,1-3H2,(H,11,12). The van der Waals surface area contributed by atoms with Crippen LogP contribution in [0.15, 0.2) is 5.51 Å². The number of hydrogen-bond donors (Lipinski definition) is 2. The van der Waals surface area contributed by atoms with Crippen molar-refractivity contribution in [3.05, 3.63) is 11.2 Å². The Balaban J connectivity index is 2.07. The molecule has 0 aromatic carbocycles. The van der Waals surface area contributed by atoms with Crippen LogP contribution in [0.2, 0.25) is 0 Å². The molecule has 1 aromatic heterocycles. The predicted molar refractivity (Wildman–Crippen MR) is 58.4 cm³/mol. The van der Waals surface area contributed by atoms with E-state index in [1.807, 2.05) is 11.8 Å². The number of thiazole rings is 1. The topological polar surface area (TPSA) is 62.2 Å². The molecule has 76 valence electrons. The maximum atomic E-state index is 10.8. The first kappa shape index (κ1) is 9.79. The fourth-order valence-electron chi connectivity index (χ4n) is 1.33. The summed E-state index contributed by atoms with van der Waals surface area (Å²) in [4.78, 5) is 14.6. The maximum Gasteiger partial charge on any atom is 0.357 e. The van der Waals surface area contributed by atoms with Gasteiger partial charge in [-0.05, 0) is 12.2 Å². The Morgan fingerprint density at radius 3 is 3.21 bits per heavy atom. The van der Waals surface area contributed by atoms with Crippen molar-refractivity contribution < 1.29 is 9.90 Å². The molecule has 1 atom stereocenters. The number of carbonyl (C=O) groups is 1. The molecule has 0 amide bonds. The quantitative estimate of drug-likeness (QED) is 0.828. The summed E-state index contributed by atoms with van der Waals surface area (Å²) >= 11 is 3.24. The molecule has 2 rings (SSSR count). The molecule has 0 spiro atoms. The largest absolute Gasteiger partial charge is 0.476 e. The van der Waals surface area contributed by atoms with Crippen LogP contribution in [-0.4, -0.2) is 33.6 Å². The zero-order chi connectivity index (χ0) is 9.97. The molecule has 1 aliphatic rings. The van der Waals surface area contributed by atoms with Gasteiger partial charge >= 0.3 is 5.97 Å². The highest BCUT2D eigenvalue weighted by atomic mass is 32.2. The van der Waals surface area contributed by atoms with Gasteiger partial charge in [-0.25, -0.2) is 9.78 Å². The van der Waals surface area contributed by atoms with Gasteiger partial charge < -0.3 is 10.4 Å². The summed E-state index contributed by atoms with van der Waals surface area (Å²) in [5.74, 6) is 1.25. The molecule has 2 heterocycles. The van der Waals surface area contributed by atoms with Crippen LogP contribution in [-0.2, 0) is 0 Å². The maximum absolute atomic E-state index is 10.8. The summed E-state index contributed by atoms with van der Waals surface area (Å²) in [6.45, 7) is 0. The average Bonchev–Trinajstić information content (AvgIpc) is 2.75. The Kier molecular flexibility index (Phi) is 2.93. The van der Waals surface area contributed by atoms with Gasteiger partial charge in [0.2, 0.25) is 0 Å². The van der Waals surface area contributed by atoms with Crippen molar-refractivity contribution >= 4 is 34.1 Å². The summed E-state index contributed by atoms with van der Waals surface area (Å²) in [5, 5.41) is 12.7. The molecule has 6 heteroatoms. The van der Waals surface area contributed by atoms with E-state index >= 15 is 0 Å². The lowest BCUT2D eigenvalue weighted by atomic mass is 10.2. The van der Waals surface area contributed by atoms with E-state index in [1.165, 1.54) is 11.3 Å². The molecule has 1 fully saturated rings. The normalized spacial score (nSPS) is 21.0. The Morgan fingerprint density at radius 1 is 1.71 bits per heavy atom. The Morgan fingerprint density at radius 2 is 2.57 bits per heavy atom.